The number of aryl methyl sites for hydroxylation is 1. The number of anilines is 1. The standard InChI is InChI=1S/C31H40ClN3O5S/c1-3-35-21(2)7-6-9-29(36)27-14-11-24(27)19-34-16-5-4-8-22-17-26(32)13-10-25(22)20-40-30-15-12-23(18-28(30)34)31(37)33-41(35,38)39/h6,9-10,12-13,15,17-18,21,24,27,29,36H,3-5,7-8,11,14,16,19-20H2,1-2H3,(H,33,37)/b9-6-/t21-,24-,27+,29-/m0/s1. The first-order valence-corrected chi connectivity index (χ1v) is 16.5. The maximum Gasteiger partial charge on any atom is 0.304 e. The molecular weight excluding hydrogens is 562 g/mol. The molecular formula is C31H40ClN3O5S. The van der Waals surface area contributed by atoms with Crippen LogP contribution < -0.4 is 14.4 Å². The SMILES string of the molecule is CCN1[C@@H](C)C/C=C\[C@H](O)[C@@H]2CC[C@H]2CN2CCCCc3cc(Cl)ccc3COc3ccc(cc32)C(=O)NS1(=O)=O. The topological polar surface area (TPSA) is 99.2 Å². The molecule has 8 nitrogen and oxygen atoms in total. The number of amides is 1. The van der Waals surface area contributed by atoms with Crippen molar-refractivity contribution in [2.45, 2.75) is 71.1 Å². The van der Waals surface area contributed by atoms with E-state index in [0.29, 0.717) is 36.3 Å². The zero-order valence-corrected chi connectivity index (χ0v) is 25.3. The van der Waals surface area contributed by atoms with Crippen LogP contribution >= 0.6 is 11.6 Å². The Morgan fingerprint density at radius 2 is 1.95 bits per heavy atom. The van der Waals surface area contributed by atoms with Gasteiger partial charge < -0.3 is 14.7 Å². The van der Waals surface area contributed by atoms with Crippen LogP contribution in [0.4, 0.5) is 5.69 Å². The van der Waals surface area contributed by atoms with Gasteiger partial charge in [0.1, 0.15) is 12.4 Å². The summed E-state index contributed by atoms with van der Waals surface area (Å²) in [6.07, 6.45) is 8.24. The third-order valence-electron chi connectivity index (χ3n) is 8.75. The maximum atomic E-state index is 13.3. The van der Waals surface area contributed by atoms with E-state index in [2.05, 4.69) is 9.62 Å². The number of aliphatic hydroxyl groups excluding tert-OH is 1. The molecule has 0 aromatic heterocycles. The van der Waals surface area contributed by atoms with Gasteiger partial charge in [-0.1, -0.05) is 36.7 Å². The van der Waals surface area contributed by atoms with Gasteiger partial charge in [0, 0.05) is 36.3 Å². The summed E-state index contributed by atoms with van der Waals surface area (Å²) in [5.74, 6) is 0.376. The van der Waals surface area contributed by atoms with Crippen LogP contribution in [0.5, 0.6) is 5.75 Å². The highest BCUT2D eigenvalue weighted by molar-refractivity contribution is 7.87. The fourth-order valence-corrected chi connectivity index (χ4v) is 7.83. The molecule has 2 aromatic rings. The highest BCUT2D eigenvalue weighted by Gasteiger charge is 2.37. The summed E-state index contributed by atoms with van der Waals surface area (Å²) < 4.78 is 36.4. The minimum atomic E-state index is -4.09. The van der Waals surface area contributed by atoms with Crippen LogP contribution in [0, 0.1) is 11.8 Å². The molecule has 2 aliphatic heterocycles. The molecule has 3 aliphatic rings. The minimum absolute atomic E-state index is 0.126. The number of carbonyl (C=O) groups excluding carboxylic acids is 1. The molecule has 0 spiro atoms. The Labute approximate surface area is 248 Å². The Balaban J connectivity index is 1.54. The van der Waals surface area contributed by atoms with Crippen molar-refractivity contribution in [3.05, 3.63) is 70.3 Å². The fourth-order valence-electron chi connectivity index (χ4n) is 6.26. The molecule has 2 aromatic carbocycles. The number of ether oxygens (including phenoxy) is 1. The molecule has 5 rings (SSSR count). The van der Waals surface area contributed by atoms with Crippen molar-refractivity contribution in [1.82, 2.24) is 9.03 Å². The van der Waals surface area contributed by atoms with E-state index in [1.165, 1.54) is 9.87 Å². The van der Waals surface area contributed by atoms with Gasteiger partial charge in [0.15, 0.2) is 0 Å². The van der Waals surface area contributed by atoms with Crippen LogP contribution in [0.3, 0.4) is 0 Å². The van der Waals surface area contributed by atoms with Crippen molar-refractivity contribution >= 4 is 33.4 Å². The number of fused-ring (bicyclic) bond motifs is 3. The van der Waals surface area contributed by atoms with E-state index in [1.807, 2.05) is 30.4 Å². The Hall–Kier alpha value is -2.59. The van der Waals surface area contributed by atoms with Crippen LogP contribution in [-0.2, 0) is 23.2 Å². The molecule has 1 saturated carbocycles. The average molecular weight is 602 g/mol. The van der Waals surface area contributed by atoms with E-state index in [1.54, 1.807) is 32.0 Å². The zero-order chi connectivity index (χ0) is 29.1. The first-order chi connectivity index (χ1) is 19.7. The Morgan fingerprint density at radius 3 is 2.71 bits per heavy atom. The van der Waals surface area contributed by atoms with Crippen molar-refractivity contribution in [3.63, 3.8) is 0 Å². The van der Waals surface area contributed by atoms with Crippen LogP contribution in [0.2, 0.25) is 5.02 Å². The summed E-state index contributed by atoms with van der Waals surface area (Å²) in [6.45, 7) is 5.58. The third kappa shape index (κ3) is 6.74. The summed E-state index contributed by atoms with van der Waals surface area (Å²) in [4.78, 5) is 15.6. The molecule has 10 heteroatoms. The highest BCUT2D eigenvalue weighted by atomic mass is 35.5. The minimum Gasteiger partial charge on any atom is -0.487 e. The number of hydrogen-bond donors (Lipinski definition) is 2. The van der Waals surface area contributed by atoms with E-state index >= 15 is 0 Å². The third-order valence-corrected chi connectivity index (χ3v) is 10.7. The lowest BCUT2D eigenvalue weighted by atomic mass is 9.70. The fraction of sp³-hybridized carbons (Fsp3) is 0.516. The Kier molecular flexibility index (Phi) is 9.28. The summed E-state index contributed by atoms with van der Waals surface area (Å²) in [5, 5.41) is 11.7. The van der Waals surface area contributed by atoms with E-state index in [9.17, 15) is 18.3 Å². The van der Waals surface area contributed by atoms with Gasteiger partial charge in [0.2, 0.25) is 0 Å². The van der Waals surface area contributed by atoms with Gasteiger partial charge >= 0.3 is 10.2 Å². The molecule has 0 radical (unpaired) electrons. The van der Waals surface area contributed by atoms with Crippen LogP contribution in [0.15, 0.2) is 48.6 Å². The molecule has 1 fully saturated rings. The van der Waals surface area contributed by atoms with E-state index in [-0.39, 0.29) is 24.1 Å². The van der Waals surface area contributed by atoms with Gasteiger partial charge in [0.05, 0.1) is 11.8 Å². The molecule has 222 valence electrons. The number of nitrogens with one attached hydrogen (secondary N) is 1. The van der Waals surface area contributed by atoms with Gasteiger partial charge in [-0.25, -0.2) is 4.72 Å². The molecule has 4 atom stereocenters. The first kappa shape index (κ1) is 29.9. The molecule has 1 amide bonds. The number of nitrogens with zero attached hydrogens (tertiary/aromatic N) is 2. The van der Waals surface area contributed by atoms with Crippen molar-refractivity contribution < 1.29 is 23.1 Å². The molecule has 1 aliphatic carbocycles. The lowest BCUT2D eigenvalue weighted by molar-refractivity contribution is 0.0461. The Morgan fingerprint density at radius 1 is 1.12 bits per heavy atom. The molecule has 2 bridgehead atoms. The van der Waals surface area contributed by atoms with E-state index in [0.717, 1.165) is 49.9 Å². The molecule has 2 N–H and O–H groups in total. The average Bonchev–Trinajstić information content (AvgIpc) is 2.93. The van der Waals surface area contributed by atoms with Gasteiger partial charge in [-0.2, -0.15) is 12.7 Å². The van der Waals surface area contributed by atoms with E-state index in [4.69, 9.17) is 16.3 Å². The van der Waals surface area contributed by atoms with Crippen LogP contribution in [0.1, 0.15) is 67.4 Å². The lowest BCUT2D eigenvalue weighted by Crippen LogP contribution is -2.47. The molecule has 0 saturated heterocycles. The molecule has 41 heavy (non-hydrogen) atoms. The van der Waals surface area contributed by atoms with Crippen molar-refractivity contribution in [3.8, 4) is 5.75 Å². The second kappa shape index (κ2) is 12.7. The first-order valence-electron chi connectivity index (χ1n) is 14.6. The smallest absolute Gasteiger partial charge is 0.304 e. The summed E-state index contributed by atoms with van der Waals surface area (Å²) in [7, 11) is -4.09. The van der Waals surface area contributed by atoms with Crippen LogP contribution in [-0.4, -0.2) is 55.5 Å². The summed E-state index contributed by atoms with van der Waals surface area (Å²) in [5.41, 5.74) is 3.25. The predicted octanol–water partition coefficient (Wildman–Crippen LogP) is 5.09. The van der Waals surface area contributed by atoms with Crippen molar-refractivity contribution in [2.75, 3.05) is 24.5 Å². The quantitative estimate of drug-likeness (QED) is 0.442. The van der Waals surface area contributed by atoms with Gasteiger partial charge in [-0.3, -0.25) is 4.79 Å². The van der Waals surface area contributed by atoms with Gasteiger partial charge in [0.25, 0.3) is 5.91 Å². The van der Waals surface area contributed by atoms with Crippen molar-refractivity contribution in [1.29, 1.82) is 0 Å². The van der Waals surface area contributed by atoms with Gasteiger partial charge in [-0.15, -0.1) is 0 Å². The molecule has 2 heterocycles. The normalized spacial score (nSPS) is 28.1. The lowest BCUT2D eigenvalue weighted by Gasteiger charge is -2.42. The monoisotopic (exact) mass is 601 g/mol. The molecule has 0 unspecified atom stereocenters. The number of carbonyl (C=O) groups is 1. The number of aliphatic hydroxyl groups is 1. The van der Waals surface area contributed by atoms with Crippen molar-refractivity contribution in [2.24, 2.45) is 11.8 Å². The Bertz CT molecular complexity index is 1400. The second-order valence-electron chi connectivity index (χ2n) is 11.4. The highest BCUT2D eigenvalue weighted by Crippen LogP contribution is 2.41. The number of rotatable bonds is 1. The zero-order valence-electron chi connectivity index (χ0n) is 23.8. The maximum absolute atomic E-state index is 13.3. The number of benzene rings is 2. The summed E-state index contributed by atoms with van der Waals surface area (Å²) >= 11 is 6.30. The largest absolute Gasteiger partial charge is 0.487 e. The van der Waals surface area contributed by atoms with Crippen LogP contribution in [0.25, 0.3) is 0 Å². The van der Waals surface area contributed by atoms with E-state index < -0.39 is 22.2 Å². The second-order valence-corrected chi connectivity index (χ2v) is 13.5. The summed E-state index contributed by atoms with van der Waals surface area (Å²) in [6, 6.07) is 10.6. The predicted molar refractivity (Wildman–Crippen MR) is 162 cm³/mol. The van der Waals surface area contributed by atoms with Gasteiger partial charge in [-0.05, 0) is 98.7 Å². The number of halogens is 1. The number of hydrogen-bond acceptors (Lipinski definition) is 6.